The number of carbonyl (C=O) groups excluding carboxylic acids is 2. The van der Waals surface area contributed by atoms with Gasteiger partial charge in [0.05, 0.1) is 0 Å². The average Bonchev–Trinajstić information content (AvgIpc) is 2.97. The fourth-order valence-corrected chi connectivity index (χ4v) is 5.13. The second kappa shape index (κ2) is 6.71. The lowest BCUT2D eigenvalue weighted by molar-refractivity contribution is -0.115. The molecule has 0 bridgehead atoms. The zero-order valence-electron chi connectivity index (χ0n) is 10.6. The molecule has 0 aromatic carbocycles. The minimum absolute atomic E-state index is 0.187. The van der Waals surface area contributed by atoms with Crippen molar-refractivity contribution < 1.29 is 9.59 Å². The first-order chi connectivity index (χ1) is 8.60. The van der Waals surface area contributed by atoms with Crippen LogP contribution in [0.4, 0.5) is 0 Å². The third-order valence-electron chi connectivity index (χ3n) is 3.94. The van der Waals surface area contributed by atoms with Gasteiger partial charge in [-0.05, 0) is 44.8 Å². The zero-order valence-corrected chi connectivity index (χ0v) is 13.2. The van der Waals surface area contributed by atoms with Crippen molar-refractivity contribution in [2.24, 2.45) is 11.8 Å². The van der Waals surface area contributed by atoms with Crippen LogP contribution in [0, 0.1) is 11.8 Å². The first-order valence-corrected chi connectivity index (χ1v) is 9.18. The summed E-state index contributed by atoms with van der Waals surface area (Å²) < 4.78 is 0. The van der Waals surface area contributed by atoms with E-state index in [0.29, 0.717) is 20.7 Å². The number of rotatable bonds is 3. The van der Waals surface area contributed by atoms with E-state index in [2.05, 4.69) is 12.6 Å². The molecule has 0 radical (unpaired) electrons. The molecular formula is C13H20O2S3. The number of thioether (sulfide) groups is 2. The Bertz CT molecular complexity index is 332. The third kappa shape index (κ3) is 3.70. The van der Waals surface area contributed by atoms with Crippen LogP contribution in [0.3, 0.4) is 0 Å². The minimum Gasteiger partial charge on any atom is -0.287 e. The lowest BCUT2D eigenvalue weighted by atomic mass is 10.1. The quantitative estimate of drug-likeness (QED) is 0.810. The van der Waals surface area contributed by atoms with Crippen LogP contribution in [0.25, 0.3) is 0 Å². The van der Waals surface area contributed by atoms with Crippen molar-refractivity contribution in [3.63, 3.8) is 0 Å². The molecule has 0 aromatic heterocycles. The molecule has 0 spiro atoms. The van der Waals surface area contributed by atoms with Gasteiger partial charge >= 0.3 is 0 Å². The van der Waals surface area contributed by atoms with E-state index < -0.39 is 0 Å². The molecule has 102 valence electrons. The van der Waals surface area contributed by atoms with Gasteiger partial charge in [0.15, 0.2) is 10.2 Å². The van der Waals surface area contributed by atoms with Gasteiger partial charge in [0.2, 0.25) is 0 Å². The Balaban J connectivity index is 1.77. The molecular weight excluding hydrogens is 284 g/mol. The number of thiol groups is 1. The SMILES string of the molecule is CSC(=O)[C@@H]1CC[C@H](SC(=O)[C@@H]2CC[C@H](S)C2)C1. The van der Waals surface area contributed by atoms with Gasteiger partial charge in [0, 0.05) is 22.3 Å². The van der Waals surface area contributed by atoms with Crippen molar-refractivity contribution in [2.45, 2.75) is 49.0 Å². The van der Waals surface area contributed by atoms with Gasteiger partial charge in [-0.15, -0.1) is 0 Å². The van der Waals surface area contributed by atoms with Crippen LogP contribution in [0.5, 0.6) is 0 Å². The highest BCUT2D eigenvalue weighted by Crippen LogP contribution is 2.40. The molecule has 5 heteroatoms. The fourth-order valence-electron chi connectivity index (χ4n) is 2.86. The molecule has 0 unspecified atom stereocenters. The van der Waals surface area contributed by atoms with E-state index in [1.54, 1.807) is 0 Å². The predicted molar refractivity (Wildman–Crippen MR) is 82.4 cm³/mol. The van der Waals surface area contributed by atoms with Gasteiger partial charge < -0.3 is 0 Å². The minimum atomic E-state index is 0.187. The second-order valence-corrected chi connectivity index (χ2v) is 8.10. The molecule has 2 aliphatic rings. The molecule has 2 saturated carbocycles. The van der Waals surface area contributed by atoms with Crippen LogP contribution in [0.1, 0.15) is 38.5 Å². The summed E-state index contributed by atoms with van der Waals surface area (Å²) in [5.41, 5.74) is 0. The van der Waals surface area contributed by atoms with E-state index in [4.69, 9.17) is 0 Å². The first-order valence-electron chi connectivity index (χ1n) is 6.56. The highest BCUT2D eigenvalue weighted by molar-refractivity contribution is 8.14. The van der Waals surface area contributed by atoms with E-state index in [1.807, 2.05) is 6.26 Å². The van der Waals surface area contributed by atoms with Crippen LogP contribution in [0.2, 0.25) is 0 Å². The molecule has 0 aromatic rings. The molecule has 0 saturated heterocycles. The maximum atomic E-state index is 12.1. The lowest BCUT2D eigenvalue weighted by Crippen LogP contribution is -2.13. The predicted octanol–water partition coefficient (Wildman–Crippen LogP) is 3.40. The van der Waals surface area contributed by atoms with E-state index in [9.17, 15) is 9.59 Å². The lowest BCUT2D eigenvalue weighted by Gasteiger charge is -2.12. The number of hydrogen-bond donors (Lipinski definition) is 1. The van der Waals surface area contributed by atoms with Crippen LogP contribution >= 0.6 is 36.2 Å². The molecule has 0 N–H and O–H groups in total. The van der Waals surface area contributed by atoms with Gasteiger partial charge in [0.25, 0.3) is 0 Å². The van der Waals surface area contributed by atoms with Gasteiger partial charge in [-0.25, -0.2) is 0 Å². The molecule has 2 aliphatic carbocycles. The van der Waals surface area contributed by atoms with Crippen LogP contribution < -0.4 is 0 Å². The smallest absolute Gasteiger partial charge is 0.192 e. The Hall–Kier alpha value is 0.390. The molecule has 2 rings (SSSR count). The average molecular weight is 305 g/mol. The van der Waals surface area contributed by atoms with Crippen molar-refractivity contribution in [1.29, 1.82) is 0 Å². The summed E-state index contributed by atoms with van der Waals surface area (Å²) in [6.45, 7) is 0. The van der Waals surface area contributed by atoms with Crippen molar-refractivity contribution in [2.75, 3.05) is 6.26 Å². The van der Waals surface area contributed by atoms with E-state index in [0.717, 1.165) is 38.5 Å². The molecule has 2 fully saturated rings. The highest BCUT2D eigenvalue weighted by atomic mass is 32.2. The van der Waals surface area contributed by atoms with Crippen molar-refractivity contribution >= 4 is 46.4 Å². The van der Waals surface area contributed by atoms with Crippen LogP contribution in [-0.4, -0.2) is 27.0 Å². The van der Waals surface area contributed by atoms with Gasteiger partial charge in [-0.2, -0.15) is 12.6 Å². The van der Waals surface area contributed by atoms with Crippen LogP contribution in [-0.2, 0) is 9.59 Å². The molecule has 0 aliphatic heterocycles. The summed E-state index contributed by atoms with van der Waals surface area (Å²) in [5.74, 6) is 0.402. The number of hydrogen-bond acceptors (Lipinski definition) is 5. The van der Waals surface area contributed by atoms with Gasteiger partial charge in [-0.1, -0.05) is 23.5 Å². The fraction of sp³-hybridized carbons (Fsp3) is 0.846. The van der Waals surface area contributed by atoms with Crippen LogP contribution in [0.15, 0.2) is 0 Å². The summed E-state index contributed by atoms with van der Waals surface area (Å²) in [7, 11) is 0. The molecule has 0 amide bonds. The molecule has 0 heterocycles. The molecule has 4 atom stereocenters. The standard InChI is InChI=1S/C13H20O2S3/c1-17-12(14)9-3-5-11(7-9)18-13(15)8-2-4-10(16)6-8/h8-11,16H,2-7H2,1H3/t8-,9-,10+,11+/m1/s1. The zero-order chi connectivity index (χ0) is 13.1. The topological polar surface area (TPSA) is 34.1 Å². The first kappa shape index (κ1) is 14.8. The Morgan fingerprint density at radius 1 is 1.00 bits per heavy atom. The Kier molecular flexibility index (Phi) is 5.51. The highest BCUT2D eigenvalue weighted by Gasteiger charge is 2.34. The number of carbonyl (C=O) groups is 2. The normalized spacial score (nSPS) is 35.9. The van der Waals surface area contributed by atoms with E-state index in [1.165, 1.54) is 23.5 Å². The van der Waals surface area contributed by atoms with Gasteiger partial charge in [-0.3, -0.25) is 9.59 Å². The van der Waals surface area contributed by atoms with Gasteiger partial charge in [0.1, 0.15) is 0 Å². The second-order valence-electron chi connectivity index (χ2n) is 5.26. The Morgan fingerprint density at radius 2 is 1.67 bits per heavy atom. The van der Waals surface area contributed by atoms with Crippen molar-refractivity contribution in [3.05, 3.63) is 0 Å². The summed E-state index contributed by atoms with van der Waals surface area (Å²) in [4.78, 5) is 23.7. The maximum Gasteiger partial charge on any atom is 0.192 e. The Morgan fingerprint density at radius 3 is 2.28 bits per heavy atom. The molecule has 18 heavy (non-hydrogen) atoms. The largest absolute Gasteiger partial charge is 0.287 e. The monoisotopic (exact) mass is 304 g/mol. The Labute approximate surface area is 123 Å². The summed E-state index contributed by atoms with van der Waals surface area (Å²) >= 11 is 7.27. The summed E-state index contributed by atoms with van der Waals surface area (Å²) in [6.07, 6.45) is 7.73. The maximum absolute atomic E-state index is 12.1. The van der Waals surface area contributed by atoms with Crippen molar-refractivity contribution in [3.8, 4) is 0 Å². The van der Waals surface area contributed by atoms with Crippen molar-refractivity contribution in [1.82, 2.24) is 0 Å². The molecule has 2 nitrogen and oxygen atoms in total. The van der Waals surface area contributed by atoms with E-state index in [-0.39, 0.29) is 11.8 Å². The summed E-state index contributed by atoms with van der Waals surface area (Å²) in [6, 6.07) is 0. The third-order valence-corrected chi connectivity index (χ3v) is 6.47. The summed E-state index contributed by atoms with van der Waals surface area (Å²) in [5, 5.41) is 1.42. The van der Waals surface area contributed by atoms with E-state index >= 15 is 0 Å².